The van der Waals surface area contributed by atoms with Crippen molar-refractivity contribution < 1.29 is 4.74 Å². The molecule has 3 nitrogen and oxygen atoms in total. The number of hydrogen-bond donors (Lipinski definition) is 1. The largest absolute Gasteiger partial charge is 0.375 e. The van der Waals surface area contributed by atoms with Crippen LogP contribution >= 0.6 is 11.6 Å². The summed E-state index contributed by atoms with van der Waals surface area (Å²) in [6.07, 6.45) is 0.362. The zero-order valence-electron chi connectivity index (χ0n) is 10.4. The number of hydrogen-bond acceptors (Lipinski definition) is 3. The van der Waals surface area contributed by atoms with Gasteiger partial charge in [-0.15, -0.1) is 0 Å². The van der Waals surface area contributed by atoms with Crippen LogP contribution in [-0.4, -0.2) is 25.8 Å². The zero-order valence-corrected chi connectivity index (χ0v) is 11.2. The fraction of sp³-hybridized carbons (Fsp3) is 0.500. The van der Waals surface area contributed by atoms with E-state index in [4.69, 9.17) is 21.6 Å². The lowest BCUT2D eigenvalue weighted by Gasteiger charge is -2.23. The third-order valence-corrected chi connectivity index (χ3v) is 3.75. The predicted molar refractivity (Wildman–Crippen MR) is 71.8 cm³/mol. The van der Waals surface area contributed by atoms with Crippen LogP contribution in [0.5, 0.6) is 0 Å². The summed E-state index contributed by atoms with van der Waals surface area (Å²) in [5.41, 5.74) is 2.21. The van der Waals surface area contributed by atoms with Crippen LogP contribution in [0.2, 0.25) is 5.02 Å². The number of rotatable bonds is 2. The first-order valence-electron chi connectivity index (χ1n) is 6.17. The molecule has 2 atom stereocenters. The van der Waals surface area contributed by atoms with Gasteiger partial charge in [-0.2, -0.15) is 5.26 Å². The van der Waals surface area contributed by atoms with Crippen molar-refractivity contribution in [2.24, 2.45) is 0 Å². The lowest BCUT2D eigenvalue weighted by Crippen LogP contribution is -2.26. The summed E-state index contributed by atoms with van der Waals surface area (Å²) in [5, 5.41) is 13.0. The molecular formula is C14H17ClN2O. The molecule has 18 heavy (non-hydrogen) atoms. The molecule has 96 valence electrons. The summed E-state index contributed by atoms with van der Waals surface area (Å²) >= 11 is 6.17. The lowest BCUT2D eigenvalue weighted by atomic mass is 9.91. The van der Waals surface area contributed by atoms with Crippen LogP contribution < -0.4 is 5.32 Å². The van der Waals surface area contributed by atoms with Crippen molar-refractivity contribution >= 4 is 11.6 Å². The Morgan fingerprint density at radius 1 is 1.56 bits per heavy atom. The molecule has 0 aromatic heterocycles. The molecule has 2 rings (SSSR count). The van der Waals surface area contributed by atoms with Gasteiger partial charge in [0.15, 0.2) is 0 Å². The van der Waals surface area contributed by atoms with E-state index in [1.165, 1.54) is 0 Å². The third-order valence-electron chi connectivity index (χ3n) is 3.34. The van der Waals surface area contributed by atoms with Gasteiger partial charge in [-0.05, 0) is 24.1 Å². The van der Waals surface area contributed by atoms with Gasteiger partial charge < -0.3 is 10.1 Å². The zero-order chi connectivity index (χ0) is 13.0. The minimum atomic E-state index is -0.0521. The van der Waals surface area contributed by atoms with E-state index in [2.05, 4.69) is 17.5 Å². The Morgan fingerprint density at radius 2 is 2.39 bits per heavy atom. The Bertz CT molecular complexity index is 456. The van der Waals surface area contributed by atoms with Crippen LogP contribution in [0.25, 0.3) is 0 Å². The van der Waals surface area contributed by atoms with Crippen LogP contribution in [0.4, 0.5) is 0 Å². The maximum atomic E-state index is 8.90. The molecule has 4 heteroatoms. The summed E-state index contributed by atoms with van der Waals surface area (Å²) in [5.74, 6) is 0.185. The fourth-order valence-electron chi connectivity index (χ4n) is 2.25. The van der Waals surface area contributed by atoms with Gasteiger partial charge in [0.1, 0.15) is 0 Å². The fourth-order valence-corrected chi connectivity index (χ4v) is 2.44. The van der Waals surface area contributed by atoms with Gasteiger partial charge in [0, 0.05) is 24.0 Å². The maximum Gasteiger partial charge on any atom is 0.0786 e. The van der Waals surface area contributed by atoms with Crippen LogP contribution in [-0.2, 0) is 4.74 Å². The van der Waals surface area contributed by atoms with Gasteiger partial charge >= 0.3 is 0 Å². The monoisotopic (exact) mass is 264 g/mol. The average Bonchev–Trinajstić information content (AvgIpc) is 2.59. The predicted octanol–water partition coefficient (Wildman–Crippen LogP) is 2.63. The molecule has 0 aliphatic carbocycles. The van der Waals surface area contributed by atoms with E-state index in [1.54, 1.807) is 0 Å². The summed E-state index contributed by atoms with van der Waals surface area (Å²) in [4.78, 5) is 0. The van der Waals surface area contributed by atoms with Crippen LogP contribution in [0, 0.1) is 18.3 Å². The molecule has 0 spiro atoms. The molecule has 0 bridgehead atoms. The number of nitrogens with zero attached hydrogens (tertiary/aromatic N) is 1. The molecule has 0 amide bonds. The average molecular weight is 265 g/mol. The summed E-state index contributed by atoms with van der Waals surface area (Å²) in [6, 6.07) is 8.29. The Hall–Kier alpha value is -1.08. The normalized spacial score (nSPS) is 24.3. The lowest BCUT2D eigenvalue weighted by molar-refractivity contribution is 0.0557. The van der Waals surface area contributed by atoms with E-state index in [9.17, 15) is 0 Å². The minimum Gasteiger partial charge on any atom is -0.375 e. The number of halogens is 1. The van der Waals surface area contributed by atoms with Crippen molar-refractivity contribution in [1.29, 1.82) is 5.26 Å². The van der Waals surface area contributed by atoms with E-state index >= 15 is 0 Å². The molecule has 1 aromatic rings. The highest BCUT2D eigenvalue weighted by atomic mass is 35.5. The molecule has 0 radical (unpaired) electrons. The van der Waals surface area contributed by atoms with Gasteiger partial charge in [0.25, 0.3) is 0 Å². The first-order valence-corrected chi connectivity index (χ1v) is 6.55. The van der Waals surface area contributed by atoms with Crippen molar-refractivity contribution in [3.63, 3.8) is 0 Å². The number of benzene rings is 1. The SMILES string of the molecule is Cc1ccc(C2CNCCOC2CC#N)cc1Cl. The van der Waals surface area contributed by atoms with E-state index in [1.807, 2.05) is 19.1 Å². The summed E-state index contributed by atoms with van der Waals surface area (Å²) in [7, 11) is 0. The van der Waals surface area contributed by atoms with Gasteiger partial charge in [-0.1, -0.05) is 23.7 Å². The Morgan fingerprint density at radius 3 is 3.11 bits per heavy atom. The number of nitrogens with one attached hydrogen (secondary N) is 1. The highest BCUT2D eigenvalue weighted by Crippen LogP contribution is 2.28. The molecule has 1 saturated heterocycles. The number of nitriles is 1. The molecule has 1 N–H and O–H groups in total. The number of ether oxygens (including phenoxy) is 1. The van der Waals surface area contributed by atoms with Crippen LogP contribution in [0.1, 0.15) is 23.5 Å². The quantitative estimate of drug-likeness (QED) is 0.893. The van der Waals surface area contributed by atoms with Gasteiger partial charge in [-0.25, -0.2) is 0 Å². The second-order valence-electron chi connectivity index (χ2n) is 4.59. The maximum absolute atomic E-state index is 8.90. The highest BCUT2D eigenvalue weighted by molar-refractivity contribution is 6.31. The first-order chi connectivity index (χ1) is 8.72. The molecule has 1 heterocycles. The van der Waals surface area contributed by atoms with Crippen molar-refractivity contribution in [3.05, 3.63) is 34.3 Å². The second-order valence-corrected chi connectivity index (χ2v) is 5.00. The third kappa shape index (κ3) is 3.02. The highest BCUT2D eigenvalue weighted by Gasteiger charge is 2.26. The first kappa shape index (κ1) is 13.4. The smallest absolute Gasteiger partial charge is 0.0786 e. The Balaban J connectivity index is 2.26. The van der Waals surface area contributed by atoms with Crippen molar-refractivity contribution in [3.8, 4) is 6.07 Å². The van der Waals surface area contributed by atoms with Crippen molar-refractivity contribution in [1.82, 2.24) is 5.32 Å². The molecule has 2 unspecified atom stereocenters. The molecule has 1 aliphatic rings. The summed E-state index contributed by atoms with van der Waals surface area (Å²) in [6.45, 7) is 4.30. The molecule has 0 saturated carbocycles. The summed E-state index contributed by atoms with van der Waals surface area (Å²) < 4.78 is 5.75. The van der Waals surface area contributed by atoms with Crippen LogP contribution in [0.15, 0.2) is 18.2 Å². The molecular weight excluding hydrogens is 248 g/mol. The van der Waals surface area contributed by atoms with Crippen LogP contribution in [0.3, 0.4) is 0 Å². The van der Waals surface area contributed by atoms with E-state index < -0.39 is 0 Å². The van der Waals surface area contributed by atoms with E-state index in [0.717, 1.165) is 29.2 Å². The standard InChI is InChI=1S/C14H17ClN2O/c1-10-2-3-11(8-13(10)15)12-9-17-6-7-18-14(12)4-5-16/h2-3,8,12,14,17H,4,6-7,9H2,1H3. The topological polar surface area (TPSA) is 45.0 Å². The Kier molecular flexibility index (Phi) is 4.60. The molecule has 1 aliphatic heterocycles. The van der Waals surface area contributed by atoms with E-state index in [-0.39, 0.29) is 12.0 Å². The van der Waals surface area contributed by atoms with Crippen molar-refractivity contribution in [2.75, 3.05) is 19.7 Å². The van der Waals surface area contributed by atoms with Crippen molar-refractivity contribution in [2.45, 2.75) is 25.4 Å². The van der Waals surface area contributed by atoms with Gasteiger partial charge in [0.05, 0.1) is 25.2 Å². The molecule has 1 aromatic carbocycles. The second kappa shape index (κ2) is 6.19. The van der Waals surface area contributed by atoms with Gasteiger partial charge in [0.2, 0.25) is 0 Å². The minimum absolute atomic E-state index is 0.0521. The Labute approximate surface area is 113 Å². The number of aryl methyl sites for hydroxylation is 1. The van der Waals surface area contributed by atoms with Gasteiger partial charge in [-0.3, -0.25) is 0 Å². The molecule has 1 fully saturated rings. The van der Waals surface area contributed by atoms with E-state index in [0.29, 0.717) is 13.0 Å².